The standard InChI is InChI=1S/C19H23FN2O3S2/c1-15(22(27(2,24)25)18-10-8-17(20)9-11-18)19(23)21-12-13-26-14-16-6-4-3-5-7-16/h3-11,15H,12-14H2,1-2H3,(H,21,23)/t15-/m0/s1. The smallest absolute Gasteiger partial charge is 0.243 e. The summed E-state index contributed by atoms with van der Waals surface area (Å²) < 4.78 is 38.4. The molecule has 146 valence electrons. The maximum atomic E-state index is 13.1. The molecular formula is C19H23FN2O3S2. The molecule has 1 atom stereocenters. The topological polar surface area (TPSA) is 66.5 Å². The van der Waals surface area contributed by atoms with Crippen molar-refractivity contribution in [3.05, 3.63) is 66.0 Å². The average Bonchev–Trinajstić information content (AvgIpc) is 2.62. The van der Waals surface area contributed by atoms with E-state index in [-0.39, 0.29) is 5.69 Å². The van der Waals surface area contributed by atoms with Crippen LogP contribution in [0, 0.1) is 5.82 Å². The minimum atomic E-state index is -3.70. The van der Waals surface area contributed by atoms with Crippen molar-refractivity contribution in [2.24, 2.45) is 0 Å². The lowest BCUT2D eigenvalue weighted by Crippen LogP contribution is -2.48. The zero-order valence-corrected chi connectivity index (χ0v) is 16.9. The van der Waals surface area contributed by atoms with Crippen molar-refractivity contribution < 1.29 is 17.6 Å². The first-order valence-electron chi connectivity index (χ1n) is 8.43. The Morgan fingerprint density at radius 3 is 2.37 bits per heavy atom. The summed E-state index contributed by atoms with van der Waals surface area (Å²) in [4.78, 5) is 12.4. The molecule has 0 radical (unpaired) electrons. The molecule has 1 N–H and O–H groups in total. The minimum Gasteiger partial charge on any atom is -0.353 e. The zero-order valence-electron chi connectivity index (χ0n) is 15.3. The summed E-state index contributed by atoms with van der Waals surface area (Å²) in [7, 11) is -3.70. The van der Waals surface area contributed by atoms with Gasteiger partial charge in [0.25, 0.3) is 0 Å². The van der Waals surface area contributed by atoms with Crippen LogP contribution in [-0.2, 0) is 20.6 Å². The average molecular weight is 411 g/mol. The van der Waals surface area contributed by atoms with E-state index in [1.165, 1.54) is 36.8 Å². The SMILES string of the molecule is C[C@@H](C(=O)NCCSCc1ccccc1)N(c1ccc(F)cc1)S(C)(=O)=O. The Balaban J connectivity index is 1.90. The number of nitrogens with zero attached hydrogens (tertiary/aromatic N) is 1. The van der Waals surface area contributed by atoms with Crippen LogP contribution >= 0.6 is 11.8 Å². The van der Waals surface area contributed by atoms with E-state index >= 15 is 0 Å². The second-order valence-electron chi connectivity index (χ2n) is 6.04. The highest BCUT2D eigenvalue weighted by Gasteiger charge is 2.28. The second-order valence-corrected chi connectivity index (χ2v) is 9.01. The van der Waals surface area contributed by atoms with E-state index < -0.39 is 27.8 Å². The molecule has 0 aliphatic heterocycles. The number of hydrogen-bond donors (Lipinski definition) is 1. The van der Waals surface area contributed by atoms with Crippen LogP contribution in [0.4, 0.5) is 10.1 Å². The number of hydrogen-bond acceptors (Lipinski definition) is 4. The number of sulfonamides is 1. The first kappa shape index (κ1) is 21.2. The number of amides is 1. The fraction of sp³-hybridized carbons (Fsp3) is 0.316. The number of carbonyl (C=O) groups is 1. The number of halogens is 1. The highest BCUT2D eigenvalue weighted by molar-refractivity contribution is 7.98. The van der Waals surface area contributed by atoms with Crippen molar-refractivity contribution in [2.75, 3.05) is 22.9 Å². The van der Waals surface area contributed by atoms with Crippen LogP contribution in [0.1, 0.15) is 12.5 Å². The molecule has 0 aromatic heterocycles. The maximum Gasteiger partial charge on any atom is 0.243 e. The van der Waals surface area contributed by atoms with Gasteiger partial charge in [-0.25, -0.2) is 12.8 Å². The molecule has 0 saturated heterocycles. The largest absolute Gasteiger partial charge is 0.353 e. The van der Waals surface area contributed by atoms with Gasteiger partial charge in [0, 0.05) is 18.1 Å². The molecule has 1 amide bonds. The maximum absolute atomic E-state index is 13.1. The molecule has 8 heteroatoms. The Hall–Kier alpha value is -2.06. The van der Waals surface area contributed by atoms with Gasteiger partial charge < -0.3 is 5.32 Å². The van der Waals surface area contributed by atoms with E-state index in [2.05, 4.69) is 5.32 Å². The van der Waals surface area contributed by atoms with Crippen LogP contribution in [0.2, 0.25) is 0 Å². The Labute approximate surface area is 164 Å². The molecule has 0 aliphatic rings. The third-order valence-corrected chi connectivity index (χ3v) is 6.10. The molecule has 0 spiro atoms. The second kappa shape index (κ2) is 9.75. The molecule has 2 aromatic carbocycles. The van der Waals surface area contributed by atoms with Gasteiger partial charge in [0.2, 0.25) is 15.9 Å². The summed E-state index contributed by atoms with van der Waals surface area (Å²) in [6.07, 6.45) is 1.02. The van der Waals surface area contributed by atoms with Crippen molar-refractivity contribution in [3.8, 4) is 0 Å². The molecule has 27 heavy (non-hydrogen) atoms. The molecule has 0 unspecified atom stereocenters. The van der Waals surface area contributed by atoms with Crippen LogP contribution in [0.15, 0.2) is 54.6 Å². The minimum absolute atomic E-state index is 0.250. The van der Waals surface area contributed by atoms with Crippen molar-refractivity contribution >= 4 is 33.4 Å². The highest BCUT2D eigenvalue weighted by atomic mass is 32.2. The molecule has 0 aliphatic carbocycles. The lowest BCUT2D eigenvalue weighted by atomic mass is 10.2. The summed E-state index contributed by atoms with van der Waals surface area (Å²) >= 11 is 1.68. The predicted molar refractivity (Wildman–Crippen MR) is 109 cm³/mol. The molecule has 0 bridgehead atoms. The summed E-state index contributed by atoms with van der Waals surface area (Å²) in [6, 6.07) is 14.1. The van der Waals surface area contributed by atoms with Crippen LogP contribution in [0.5, 0.6) is 0 Å². The van der Waals surface area contributed by atoms with Crippen molar-refractivity contribution in [2.45, 2.75) is 18.7 Å². The quantitative estimate of drug-likeness (QED) is 0.646. The third kappa shape index (κ3) is 6.55. The first-order chi connectivity index (χ1) is 12.8. The fourth-order valence-corrected chi connectivity index (χ4v) is 4.55. The monoisotopic (exact) mass is 410 g/mol. The van der Waals surface area contributed by atoms with Gasteiger partial charge in [-0.15, -0.1) is 0 Å². The summed E-state index contributed by atoms with van der Waals surface area (Å²) in [5.41, 5.74) is 1.46. The summed E-state index contributed by atoms with van der Waals surface area (Å²) in [6.45, 7) is 1.94. The first-order valence-corrected chi connectivity index (χ1v) is 11.4. The van der Waals surface area contributed by atoms with Gasteiger partial charge in [0.15, 0.2) is 0 Å². The van der Waals surface area contributed by atoms with Crippen LogP contribution in [0.25, 0.3) is 0 Å². The third-order valence-electron chi connectivity index (χ3n) is 3.83. The van der Waals surface area contributed by atoms with Crippen LogP contribution in [0.3, 0.4) is 0 Å². The Morgan fingerprint density at radius 2 is 1.78 bits per heavy atom. The lowest BCUT2D eigenvalue weighted by molar-refractivity contribution is -0.121. The number of benzene rings is 2. The molecule has 0 saturated carbocycles. The van der Waals surface area contributed by atoms with Gasteiger partial charge in [-0.3, -0.25) is 9.10 Å². The van der Waals surface area contributed by atoms with Crippen LogP contribution < -0.4 is 9.62 Å². The van der Waals surface area contributed by atoms with E-state index in [9.17, 15) is 17.6 Å². The number of anilines is 1. The van der Waals surface area contributed by atoms with E-state index in [1.807, 2.05) is 30.3 Å². The normalized spacial score (nSPS) is 12.4. The van der Waals surface area contributed by atoms with Gasteiger partial charge in [0.05, 0.1) is 11.9 Å². The van der Waals surface area contributed by atoms with Gasteiger partial charge in [-0.1, -0.05) is 30.3 Å². The number of carbonyl (C=O) groups excluding carboxylic acids is 1. The number of rotatable bonds is 9. The molecule has 2 rings (SSSR count). The van der Waals surface area contributed by atoms with Gasteiger partial charge in [-0.05, 0) is 36.8 Å². The van der Waals surface area contributed by atoms with Crippen molar-refractivity contribution in [1.82, 2.24) is 5.32 Å². The fourth-order valence-electron chi connectivity index (χ4n) is 2.56. The van der Waals surface area contributed by atoms with E-state index in [1.54, 1.807) is 11.8 Å². The lowest BCUT2D eigenvalue weighted by Gasteiger charge is -2.28. The van der Waals surface area contributed by atoms with E-state index in [0.717, 1.165) is 16.3 Å². The summed E-state index contributed by atoms with van der Waals surface area (Å²) in [5, 5.41) is 2.76. The van der Waals surface area contributed by atoms with Crippen molar-refractivity contribution in [3.63, 3.8) is 0 Å². The Kier molecular flexibility index (Phi) is 7.67. The molecule has 2 aromatic rings. The summed E-state index contributed by atoms with van der Waals surface area (Å²) in [5.74, 6) is 0.685. The van der Waals surface area contributed by atoms with Crippen LogP contribution in [-0.4, -0.2) is 38.9 Å². The number of thioether (sulfide) groups is 1. The van der Waals surface area contributed by atoms with E-state index in [4.69, 9.17) is 0 Å². The zero-order chi connectivity index (χ0) is 19.9. The highest BCUT2D eigenvalue weighted by Crippen LogP contribution is 2.21. The van der Waals surface area contributed by atoms with Gasteiger partial charge in [-0.2, -0.15) is 11.8 Å². The van der Waals surface area contributed by atoms with E-state index in [0.29, 0.717) is 12.3 Å². The molecule has 0 fully saturated rings. The Bertz CT molecular complexity index is 843. The Morgan fingerprint density at radius 1 is 1.15 bits per heavy atom. The van der Waals surface area contributed by atoms with Crippen molar-refractivity contribution in [1.29, 1.82) is 0 Å². The predicted octanol–water partition coefficient (Wildman–Crippen LogP) is 3.03. The van der Waals surface area contributed by atoms with Gasteiger partial charge in [0.1, 0.15) is 11.9 Å². The van der Waals surface area contributed by atoms with Gasteiger partial charge >= 0.3 is 0 Å². The molecule has 0 heterocycles. The number of nitrogens with one attached hydrogen (secondary N) is 1. The molecular weight excluding hydrogens is 387 g/mol. The molecule has 5 nitrogen and oxygen atoms in total.